The summed E-state index contributed by atoms with van der Waals surface area (Å²) in [6, 6.07) is 7.44. The predicted molar refractivity (Wildman–Crippen MR) is 93.7 cm³/mol. The second-order valence-corrected chi connectivity index (χ2v) is 6.23. The monoisotopic (exact) mass is 342 g/mol. The molecule has 0 N–H and O–H groups in total. The van der Waals surface area contributed by atoms with E-state index >= 15 is 0 Å². The lowest BCUT2D eigenvalue weighted by Crippen LogP contribution is -2.54. The zero-order valence-electron chi connectivity index (χ0n) is 14.7. The Labute approximate surface area is 146 Å². The molecule has 0 aliphatic carbocycles. The SMILES string of the molecule is COC(=O)c1ccc(N2CCN(C(=O)c3cnn(C)c3)[C@H](C)C2)cc1. The number of hydrogen-bond acceptors (Lipinski definition) is 5. The van der Waals surface area contributed by atoms with Crippen molar-refractivity contribution in [2.45, 2.75) is 13.0 Å². The first-order valence-electron chi connectivity index (χ1n) is 8.22. The van der Waals surface area contributed by atoms with E-state index in [0.717, 1.165) is 18.8 Å². The Hall–Kier alpha value is -2.83. The van der Waals surface area contributed by atoms with Gasteiger partial charge in [0.1, 0.15) is 0 Å². The number of hydrogen-bond donors (Lipinski definition) is 0. The number of carbonyl (C=O) groups excluding carboxylic acids is 2. The molecular weight excluding hydrogens is 320 g/mol. The van der Waals surface area contributed by atoms with Gasteiger partial charge in [0.2, 0.25) is 0 Å². The molecule has 1 saturated heterocycles. The van der Waals surface area contributed by atoms with Gasteiger partial charge in [0, 0.05) is 44.6 Å². The Morgan fingerprint density at radius 2 is 1.88 bits per heavy atom. The van der Waals surface area contributed by atoms with Crippen LogP contribution >= 0.6 is 0 Å². The van der Waals surface area contributed by atoms with Gasteiger partial charge >= 0.3 is 5.97 Å². The molecule has 0 bridgehead atoms. The van der Waals surface area contributed by atoms with Gasteiger partial charge in [-0.25, -0.2) is 4.79 Å². The highest BCUT2D eigenvalue weighted by molar-refractivity contribution is 5.94. The maximum absolute atomic E-state index is 12.6. The molecule has 0 unspecified atom stereocenters. The quantitative estimate of drug-likeness (QED) is 0.792. The van der Waals surface area contributed by atoms with Crippen LogP contribution in [0.5, 0.6) is 0 Å². The van der Waals surface area contributed by atoms with Crippen LogP contribution in [0.2, 0.25) is 0 Å². The Balaban J connectivity index is 1.67. The lowest BCUT2D eigenvalue weighted by molar-refractivity contribution is 0.0599. The Morgan fingerprint density at radius 3 is 2.44 bits per heavy atom. The van der Waals surface area contributed by atoms with Crippen LogP contribution in [0.3, 0.4) is 0 Å². The third-order valence-corrected chi connectivity index (χ3v) is 4.49. The molecule has 1 aromatic carbocycles. The number of aromatic nitrogens is 2. The topological polar surface area (TPSA) is 67.7 Å². The van der Waals surface area contributed by atoms with Gasteiger partial charge in [-0.3, -0.25) is 9.48 Å². The number of rotatable bonds is 3. The number of carbonyl (C=O) groups is 2. The fraction of sp³-hybridized carbons (Fsp3) is 0.389. The van der Waals surface area contributed by atoms with Crippen molar-refractivity contribution in [1.82, 2.24) is 14.7 Å². The molecule has 0 radical (unpaired) electrons. The zero-order chi connectivity index (χ0) is 18.0. The van der Waals surface area contributed by atoms with Crippen LogP contribution in [-0.4, -0.2) is 59.3 Å². The van der Waals surface area contributed by atoms with E-state index in [-0.39, 0.29) is 17.9 Å². The molecule has 3 rings (SSSR count). The highest BCUT2D eigenvalue weighted by Crippen LogP contribution is 2.21. The van der Waals surface area contributed by atoms with Gasteiger partial charge in [0.05, 0.1) is 24.4 Å². The summed E-state index contributed by atoms with van der Waals surface area (Å²) in [6.45, 7) is 4.17. The van der Waals surface area contributed by atoms with Gasteiger partial charge < -0.3 is 14.5 Å². The highest BCUT2D eigenvalue weighted by Gasteiger charge is 2.28. The minimum Gasteiger partial charge on any atom is -0.465 e. The number of methoxy groups -OCH3 is 1. The van der Waals surface area contributed by atoms with E-state index in [4.69, 9.17) is 4.74 Å². The second-order valence-electron chi connectivity index (χ2n) is 6.23. The summed E-state index contributed by atoms with van der Waals surface area (Å²) >= 11 is 0. The first-order chi connectivity index (χ1) is 12.0. The van der Waals surface area contributed by atoms with Crippen LogP contribution in [-0.2, 0) is 11.8 Å². The number of benzene rings is 1. The number of anilines is 1. The number of ether oxygens (including phenoxy) is 1. The maximum Gasteiger partial charge on any atom is 0.337 e. The summed E-state index contributed by atoms with van der Waals surface area (Å²) in [4.78, 5) is 28.2. The fourth-order valence-corrected chi connectivity index (χ4v) is 3.12. The summed E-state index contributed by atoms with van der Waals surface area (Å²) in [6.07, 6.45) is 3.35. The predicted octanol–water partition coefficient (Wildman–Crippen LogP) is 1.56. The van der Waals surface area contributed by atoms with Gasteiger partial charge in [-0.1, -0.05) is 0 Å². The number of piperazine rings is 1. The lowest BCUT2D eigenvalue weighted by Gasteiger charge is -2.41. The van der Waals surface area contributed by atoms with E-state index < -0.39 is 0 Å². The normalized spacial score (nSPS) is 17.5. The minimum absolute atomic E-state index is 0.0151. The van der Waals surface area contributed by atoms with Crippen molar-refractivity contribution in [3.63, 3.8) is 0 Å². The van der Waals surface area contributed by atoms with E-state index in [1.807, 2.05) is 24.0 Å². The molecule has 1 aliphatic heterocycles. The van der Waals surface area contributed by atoms with Gasteiger partial charge in [-0.15, -0.1) is 0 Å². The molecule has 0 spiro atoms. The Bertz CT molecular complexity index is 769. The molecule has 7 nitrogen and oxygen atoms in total. The van der Waals surface area contributed by atoms with Gasteiger partial charge in [0.15, 0.2) is 0 Å². The van der Waals surface area contributed by atoms with Crippen molar-refractivity contribution >= 4 is 17.6 Å². The third kappa shape index (κ3) is 3.50. The molecule has 1 fully saturated rings. The van der Waals surface area contributed by atoms with Crippen molar-refractivity contribution in [3.05, 3.63) is 47.8 Å². The van der Waals surface area contributed by atoms with E-state index in [1.165, 1.54) is 7.11 Å². The van der Waals surface area contributed by atoms with Crippen LogP contribution in [0, 0.1) is 0 Å². The molecule has 1 atom stereocenters. The van der Waals surface area contributed by atoms with E-state index in [2.05, 4.69) is 10.00 Å². The zero-order valence-corrected chi connectivity index (χ0v) is 14.7. The molecule has 2 aromatic rings. The molecule has 25 heavy (non-hydrogen) atoms. The smallest absolute Gasteiger partial charge is 0.337 e. The van der Waals surface area contributed by atoms with E-state index in [1.54, 1.807) is 36.3 Å². The van der Waals surface area contributed by atoms with Crippen LogP contribution in [0.4, 0.5) is 5.69 Å². The molecular formula is C18H22N4O3. The molecule has 1 aromatic heterocycles. The maximum atomic E-state index is 12.6. The number of aryl methyl sites for hydroxylation is 1. The van der Waals surface area contributed by atoms with Gasteiger partial charge in [0.25, 0.3) is 5.91 Å². The largest absolute Gasteiger partial charge is 0.465 e. The number of amides is 1. The minimum atomic E-state index is -0.341. The van der Waals surface area contributed by atoms with Crippen molar-refractivity contribution in [3.8, 4) is 0 Å². The highest BCUT2D eigenvalue weighted by atomic mass is 16.5. The molecule has 1 amide bonds. The van der Waals surface area contributed by atoms with Crippen LogP contribution in [0.1, 0.15) is 27.6 Å². The first kappa shape index (κ1) is 17.0. The summed E-state index contributed by atoms with van der Waals surface area (Å²) < 4.78 is 6.36. The number of esters is 1. The Morgan fingerprint density at radius 1 is 1.16 bits per heavy atom. The van der Waals surface area contributed by atoms with Crippen molar-refractivity contribution < 1.29 is 14.3 Å². The summed E-state index contributed by atoms with van der Waals surface area (Å²) in [5, 5.41) is 4.07. The van der Waals surface area contributed by atoms with Crippen molar-refractivity contribution in [2.24, 2.45) is 7.05 Å². The Kier molecular flexibility index (Phi) is 4.74. The third-order valence-electron chi connectivity index (χ3n) is 4.49. The molecule has 1 aliphatic rings. The molecule has 132 valence electrons. The fourth-order valence-electron chi connectivity index (χ4n) is 3.12. The molecule has 0 saturated carbocycles. The van der Waals surface area contributed by atoms with Crippen LogP contribution in [0.15, 0.2) is 36.7 Å². The molecule has 7 heteroatoms. The number of nitrogens with zero attached hydrogens (tertiary/aromatic N) is 4. The van der Waals surface area contributed by atoms with Gasteiger partial charge in [-0.2, -0.15) is 5.10 Å². The first-order valence-corrected chi connectivity index (χ1v) is 8.22. The average Bonchev–Trinajstić information content (AvgIpc) is 3.07. The van der Waals surface area contributed by atoms with Crippen molar-refractivity contribution in [1.29, 1.82) is 0 Å². The van der Waals surface area contributed by atoms with Crippen molar-refractivity contribution in [2.75, 3.05) is 31.6 Å². The lowest BCUT2D eigenvalue weighted by atomic mass is 10.1. The summed E-state index contributed by atoms with van der Waals surface area (Å²) in [7, 11) is 3.17. The summed E-state index contributed by atoms with van der Waals surface area (Å²) in [5.41, 5.74) is 2.18. The average molecular weight is 342 g/mol. The van der Waals surface area contributed by atoms with Gasteiger partial charge in [-0.05, 0) is 31.2 Å². The van der Waals surface area contributed by atoms with E-state index in [9.17, 15) is 9.59 Å². The van der Waals surface area contributed by atoms with Crippen LogP contribution in [0.25, 0.3) is 0 Å². The summed E-state index contributed by atoms with van der Waals surface area (Å²) in [5.74, 6) is -0.326. The van der Waals surface area contributed by atoms with Crippen LogP contribution < -0.4 is 4.90 Å². The standard InChI is InChI=1S/C18H22N4O3/c1-13-11-21(16-6-4-14(5-7-16)18(24)25-3)8-9-22(13)17(23)15-10-19-20(2)12-15/h4-7,10,12-13H,8-9,11H2,1-3H3/t13-/m1/s1. The molecule has 2 heterocycles. The van der Waals surface area contributed by atoms with E-state index in [0.29, 0.717) is 17.7 Å². The second kappa shape index (κ2) is 6.96.